The molecule has 7 heteroatoms. The van der Waals surface area contributed by atoms with Crippen molar-refractivity contribution >= 4 is 17.4 Å². The van der Waals surface area contributed by atoms with Gasteiger partial charge in [0.2, 0.25) is 0 Å². The second-order valence-electron chi connectivity index (χ2n) is 12.9. The van der Waals surface area contributed by atoms with Gasteiger partial charge in [-0.2, -0.15) is 0 Å². The second-order valence-corrected chi connectivity index (χ2v) is 12.9. The lowest BCUT2D eigenvalue weighted by atomic mass is 9.48. The molecular weight excluding hydrogens is 540 g/mol. The summed E-state index contributed by atoms with van der Waals surface area (Å²) in [5.41, 5.74) is 1.84. The van der Waals surface area contributed by atoms with Gasteiger partial charge in [0.25, 0.3) is 11.6 Å². The Kier molecular flexibility index (Phi) is 8.03. The van der Waals surface area contributed by atoms with Crippen LogP contribution in [0.1, 0.15) is 78.4 Å². The van der Waals surface area contributed by atoms with Crippen LogP contribution in [0.25, 0.3) is 0 Å². The fourth-order valence-corrected chi connectivity index (χ4v) is 8.13. The Hall–Kier alpha value is -4.44. The predicted molar refractivity (Wildman–Crippen MR) is 163 cm³/mol. The smallest absolute Gasteiger partial charge is 0.284 e. The van der Waals surface area contributed by atoms with Crippen molar-refractivity contribution in [2.75, 3.05) is 0 Å². The van der Waals surface area contributed by atoms with Gasteiger partial charge in [-0.1, -0.05) is 42.2 Å². The van der Waals surface area contributed by atoms with Gasteiger partial charge in [0, 0.05) is 23.6 Å². The Morgan fingerprint density at radius 1 is 0.930 bits per heavy atom. The van der Waals surface area contributed by atoms with Gasteiger partial charge < -0.3 is 10.4 Å². The van der Waals surface area contributed by atoms with Gasteiger partial charge in [-0.25, -0.2) is 0 Å². The van der Waals surface area contributed by atoms with Crippen molar-refractivity contribution < 1.29 is 19.6 Å². The third-order valence-electron chi connectivity index (χ3n) is 9.64. The van der Waals surface area contributed by atoms with Crippen LogP contribution in [-0.2, 0) is 11.2 Å². The van der Waals surface area contributed by atoms with Crippen LogP contribution in [0.5, 0.6) is 5.75 Å². The van der Waals surface area contributed by atoms with E-state index in [-0.39, 0.29) is 33.8 Å². The number of hydrogen-bond donors (Lipinski definition) is 2. The number of ketones is 1. The molecule has 0 aromatic heterocycles. The fourth-order valence-electron chi connectivity index (χ4n) is 8.13. The van der Waals surface area contributed by atoms with E-state index < -0.39 is 16.9 Å². The molecule has 0 heterocycles. The van der Waals surface area contributed by atoms with Gasteiger partial charge in [0.15, 0.2) is 5.78 Å². The zero-order chi connectivity index (χ0) is 30.0. The third-order valence-corrected chi connectivity index (χ3v) is 9.64. The number of nitro groups is 1. The van der Waals surface area contributed by atoms with Crippen molar-refractivity contribution in [1.82, 2.24) is 5.32 Å². The molecule has 0 saturated heterocycles. The molecule has 4 aliphatic rings. The molecule has 3 aromatic carbocycles. The molecule has 4 saturated carbocycles. The Morgan fingerprint density at radius 2 is 1.58 bits per heavy atom. The first kappa shape index (κ1) is 28.7. The fraction of sp³-hybridized carbons (Fsp3) is 0.389. The van der Waals surface area contributed by atoms with E-state index >= 15 is 0 Å². The second kappa shape index (κ2) is 12.0. The summed E-state index contributed by atoms with van der Waals surface area (Å²) in [5.74, 6) is 7.61. The number of phenols is 1. The van der Waals surface area contributed by atoms with Crippen LogP contribution in [0.15, 0.2) is 72.8 Å². The van der Waals surface area contributed by atoms with Crippen molar-refractivity contribution in [1.29, 1.82) is 0 Å². The topological polar surface area (TPSA) is 110 Å². The average Bonchev–Trinajstić information content (AvgIpc) is 2.98. The Bertz CT molecular complexity index is 1550. The minimum absolute atomic E-state index is 0.0614. The molecule has 7 nitrogen and oxygen atoms in total. The molecule has 1 atom stereocenters. The van der Waals surface area contributed by atoms with Crippen molar-refractivity contribution in [3.8, 4) is 17.6 Å². The molecule has 4 bridgehead atoms. The van der Waals surface area contributed by atoms with E-state index in [2.05, 4.69) is 17.2 Å². The monoisotopic (exact) mass is 576 g/mol. The van der Waals surface area contributed by atoms with Gasteiger partial charge in [-0.3, -0.25) is 19.7 Å². The molecule has 3 aromatic rings. The Balaban J connectivity index is 1.22. The number of amides is 1. The molecule has 4 aliphatic carbocycles. The minimum Gasteiger partial charge on any atom is -0.508 e. The molecule has 43 heavy (non-hydrogen) atoms. The molecular formula is C36H36N2O5. The highest BCUT2D eigenvalue weighted by atomic mass is 16.6. The van der Waals surface area contributed by atoms with E-state index in [0.29, 0.717) is 24.8 Å². The first-order valence-electron chi connectivity index (χ1n) is 15.2. The number of aryl methyl sites for hydroxylation is 1. The van der Waals surface area contributed by atoms with Crippen molar-refractivity contribution in [3.63, 3.8) is 0 Å². The summed E-state index contributed by atoms with van der Waals surface area (Å²) in [4.78, 5) is 38.7. The van der Waals surface area contributed by atoms with E-state index in [4.69, 9.17) is 0 Å². The van der Waals surface area contributed by atoms with E-state index in [0.717, 1.165) is 42.6 Å². The first-order valence-corrected chi connectivity index (χ1v) is 15.2. The maximum atomic E-state index is 14.0. The Morgan fingerprint density at radius 3 is 2.21 bits per heavy atom. The number of phenolic OH excluding ortho intramolecular Hbond substituents is 1. The van der Waals surface area contributed by atoms with Crippen LogP contribution in [0.3, 0.4) is 0 Å². The SMILES string of the molecule is O=C(N[C@@H](CCc1ccccc1)C(=O)CC12CC3CC(CC(C3)C1)C2)c1ccc([N+](=O)[O-])c(C#Cc2ccc(O)cc2)c1. The van der Waals surface area contributed by atoms with Crippen LogP contribution >= 0.6 is 0 Å². The number of nitrogens with zero attached hydrogens (tertiary/aromatic N) is 1. The zero-order valence-corrected chi connectivity index (χ0v) is 24.1. The molecule has 220 valence electrons. The summed E-state index contributed by atoms with van der Waals surface area (Å²) in [6, 6.07) is 19.6. The maximum Gasteiger partial charge on any atom is 0.284 e. The molecule has 0 unspecified atom stereocenters. The quantitative estimate of drug-likeness (QED) is 0.169. The Labute approximate surface area is 251 Å². The summed E-state index contributed by atoms with van der Waals surface area (Å²) < 4.78 is 0. The highest BCUT2D eigenvalue weighted by Crippen LogP contribution is 2.61. The van der Waals surface area contributed by atoms with Gasteiger partial charge in [-0.15, -0.1) is 0 Å². The molecule has 0 spiro atoms. The summed E-state index contributed by atoms with van der Waals surface area (Å²) in [6.45, 7) is 0. The number of hydrogen-bond acceptors (Lipinski definition) is 5. The van der Waals surface area contributed by atoms with Crippen molar-refractivity contribution in [2.24, 2.45) is 23.2 Å². The van der Waals surface area contributed by atoms with Crippen LogP contribution in [0.4, 0.5) is 5.69 Å². The van der Waals surface area contributed by atoms with Crippen LogP contribution < -0.4 is 5.32 Å². The lowest BCUT2D eigenvalue weighted by molar-refractivity contribution is -0.385. The first-order chi connectivity index (χ1) is 20.7. The highest BCUT2D eigenvalue weighted by molar-refractivity contribution is 5.98. The van der Waals surface area contributed by atoms with Gasteiger partial charge in [0.1, 0.15) is 11.3 Å². The number of nitrogens with one attached hydrogen (secondary N) is 1. The van der Waals surface area contributed by atoms with Gasteiger partial charge in [0.05, 0.1) is 11.0 Å². The standard InChI is InChI=1S/C36H36N2O5/c39-31-12-7-25(8-13-31)6-10-29-19-30(11-15-33(29)38(42)43)35(41)37-32(14-9-24-4-2-1-3-5-24)34(40)23-36-20-26-16-27(21-36)18-28(17-26)22-36/h1-5,7-8,11-13,15,19,26-28,32,39H,9,14,16-18,20-23H2,(H,37,41)/t26?,27?,28?,32-,36?/m0/s1. The molecule has 0 radical (unpaired) electrons. The summed E-state index contributed by atoms with van der Waals surface area (Å²) in [7, 11) is 0. The largest absolute Gasteiger partial charge is 0.508 e. The number of nitro benzene ring substituents is 1. The summed E-state index contributed by atoms with van der Waals surface area (Å²) in [6.07, 6.45) is 8.92. The molecule has 1 amide bonds. The number of aromatic hydroxyl groups is 1. The van der Waals surface area contributed by atoms with Crippen molar-refractivity contribution in [2.45, 2.75) is 63.8 Å². The lowest BCUT2D eigenvalue weighted by Gasteiger charge is -2.57. The normalized spacial score (nSPS) is 24.0. The van der Waals surface area contributed by atoms with E-state index in [1.54, 1.807) is 12.1 Å². The van der Waals surface area contributed by atoms with Crippen LogP contribution in [0.2, 0.25) is 0 Å². The van der Waals surface area contributed by atoms with Gasteiger partial charge in [-0.05, 0) is 116 Å². The predicted octanol–water partition coefficient (Wildman–Crippen LogP) is 6.61. The minimum atomic E-state index is -0.651. The lowest BCUT2D eigenvalue weighted by Crippen LogP contribution is -2.49. The van der Waals surface area contributed by atoms with Crippen LogP contribution in [-0.4, -0.2) is 27.8 Å². The van der Waals surface area contributed by atoms with E-state index in [1.165, 1.54) is 49.6 Å². The van der Waals surface area contributed by atoms with Crippen LogP contribution in [0, 0.1) is 45.1 Å². The average molecular weight is 577 g/mol. The molecule has 4 fully saturated rings. The number of carbonyl (C=O) groups excluding carboxylic acids is 2. The number of Topliss-reactive ketones (excluding diaryl/α,β-unsaturated/α-hetero) is 1. The van der Waals surface area contributed by atoms with Gasteiger partial charge >= 0.3 is 0 Å². The molecule has 2 N–H and O–H groups in total. The van der Waals surface area contributed by atoms with E-state index in [1.807, 2.05) is 30.3 Å². The summed E-state index contributed by atoms with van der Waals surface area (Å²) in [5, 5.41) is 24.2. The number of carbonyl (C=O) groups is 2. The maximum absolute atomic E-state index is 14.0. The van der Waals surface area contributed by atoms with Crippen molar-refractivity contribution in [3.05, 3.63) is 105 Å². The highest BCUT2D eigenvalue weighted by Gasteiger charge is 2.51. The zero-order valence-electron chi connectivity index (χ0n) is 24.1. The summed E-state index contributed by atoms with van der Waals surface area (Å²) >= 11 is 0. The number of benzene rings is 3. The third kappa shape index (κ3) is 6.64. The number of rotatable bonds is 9. The van der Waals surface area contributed by atoms with E-state index in [9.17, 15) is 24.8 Å². The molecule has 0 aliphatic heterocycles. The molecule has 7 rings (SSSR count).